The molecule has 2 atom stereocenters. The van der Waals surface area contributed by atoms with Gasteiger partial charge in [0.2, 0.25) is 10.0 Å². The van der Waals surface area contributed by atoms with Gasteiger partial charge in [-0.1, -0.05) is 31.9 Å². The smallest absolute Gasteiger partial charge is 0.241 e. The highest BCUT2D eigenvalue weighted by molar-refractivity contribution is 7.89. The summed E-state index contributed by atoms with van der Waals surface area (Å²) >= 11 is 5.70. The summed E-state index contributed by atoms with van der Waals surface area (Å²) in [6.45, 7) is 3.72. The molecule has 1 aromatic carbocycles. The number of nitrogens with one attached hydrogen (secondary N) is 1. The zero-order valence-electron chi connectivity index (χ0n) is 10.3. The molecule has 1 aromatic rings. The van der Waals surface area contributed by atoms with Gasteiger partial charge in [-0.15, -0.1) is 0 Å². The van der Waals surface area contributed by atoms with Crippen LogP contribution in [0.4, 0.5) is 0 Å². The van der Waals surface area contributed by atoms with Crippen molar-refractivity contribution >= 4 is 27.9 Å². The van der Waals surface area contributed by atoms with Gasteiger partial charge in [0.05, 0.1) is 10.9 Å². The molecule has 0 radical (unpaired) electrons. The second-order valence-corrected chi connectivity index (χ2v) is 6.27. The molecular formula is C12H16ClNO3S. The molecule has 0 aliphatic heterocycles. The third kappa shape index (κ3) is 3.80. The maximum absolute atomic E-state index is 12.0. The van der Waals surface area contributed by atoms with E-state index in [2.05, 4.69) is 4.72 Å². The van der Waals surface area contributed by atoms with Crippen molar-refractivity contribution in [1.29, 1.82) is 0 Å². The van der Waals surface area contributed by atoms with Gasteiger partial charge in [-0.05, 0) is 30.2 Å². The van der Waals surface area contributed by atoms with E-state index in [1.165, 1.54) is 24.3 Å². The van der Waals surface area contributed by atoms with Crippen molar-refractivity contribution in [2.45, 2.75) is 31.2 Å². The van der Waals surface area contributed by atoms with Gasteiger partial charge in [-0.25, -0.2) is 13.1 Å². The minimum absolute atomic E-state index is 0.0513. The molecule has 18 heavy (non-hydrogen) atoms. The Morgan fingerprint density at radius 2 is 1.89 bits per heavy atom. The van der Waals surface area contributed by atoms with Crippen LogP contribution in [-0.2, 0) is 14.8 Å². The van der Waals surface area contributed by atoms with Gasteiger partial charge >= 0.3 is 0 Å². The molecule has 6 heteroatoms. The van der Waals surface area contributed by atoms with Gasteiger partial charge in [0.25, 0.3) is 0 Å². The summed E-state index contributed by atoms with van der Waals surface area (Å²) in [7, 11) is -3.68. The molecule has 4 nitrogen and oxygen atoms in total. The fourth-order valence-electron chi connectivity index (χ4n) is 1.39. The van der Waals surface area contributed by atoms with Crippen LogP contribution in [0.15, 0.2) is 29.2 Å². The number of hydrogen-bond acceptors (Lipinski definition) is 3. The fraction of sp³-hybridized carbons (Fsp3) is 0.417. The van der Waals surface area contributed by atoms with E-state index >= 15 is 0 Å². The predicted octanol–water partition coefficient (Wildman–Crippen LogP) is 2.23. The molecule has 0 saturated heterocycles. The minimum Gasteiger partial charge on any atom is -0.302 e. The maximum Gasteiger partial charge on any atom is 0.241 e. The summed E-state index contributed by atoms with van der Waals surface area (Å²) in [5.74, 6) is -0.0513. The topological polar surface area (TPSA) is 63.2 Å². The highest BCUT2D eigenvalue weighted by atomic mass is 35.5. The maximum atomic E-state index is 12.0. The van der Waals surface area contributed by atoms with Crippen LogP contribution in [0.3, 0.4) is 0 Å². The summed E-state index contributed by atoms with van der Waals surface area (Å²) in [5.41, 5.74) is 0. The van der Waals surface area contributed by atoms with E-state index in [4.69, 9.17) is 11.6 Å². The molecule has 0 aromatic heterocycles. The standard InChI is InChI=1S/C12H16ClNO3S/c1-3-9(2)12(8-15)14-18(16,17)11-6-4-10(13)5-7-11/h4-9,12,14H,3H2,1-2H3. The summed E-state index contributed by atoms with van der Waals surface area (Å²) in [6.07, 6.45) is 1.34. The molecule has 2 unspecified atom stereocenters. The van der Waals surface area contributed by atoms with Gasteiger partial charge in [0.15, 0.2) is 0 Å². The van der Waals surface area contributed by atoms with Gasteiger partial charge in [0.1, 0.15) is 6.29 Å². The first kappa shape index (κ1) is 15.1. The number of carbonyl (C=O) groups is 1. The molecule has 100 valence electrons. The largest absolute Gasteiger partial charge is 0.302 e. The van der Waals surface area contributed by atoms with Crippen LogP contribution >= 0.6 is 11.6 Å². The Labute approximate surface area is 112 Å². The lowest BCUT2D eigenvalue weighted by atomic mass is 10.0. The average molecular weight is 290 g/mol. The van der Waals surface area contributed by atoms with E-state index in [1.54, 1.807) is 0 Å². The Morgan fingerprint density at radius 1 is 1.33 bits per heavy atom. The minimum atomic E-state index is -3.68. The Kier molecular flexibility index (Phi) is 5.31. The first-order valence-corrected chi connectivity index (χ1v) is 7.50. The molecule has 0 aliphatic carbocycles. The Bertz CT molecular complexity index is 499. The first-order chi connectivity index (χ1) is 8.40. The molecule has 0 bridgehead atoms. The molecule has 0 spiro atoms. The van der Waals surface area contributed by atoms with Crippen molar-refractivity contribution in [3.63, 3.8) is 0 Å². The van der Waals surface area contributed by atoms with E-state index in [1.807, 2.05) is 13.8 Å². The van der Waals surface area contributed by atoms with E-state index in [-0.39, 0.29) is 10.8 Å². The molecule has 1 N–H and O–H groups in total. The molecule has 1 rings (SSSR count). The third-order valence-corrected chi connectivity index (χ3v) is 4.55. The zero-order chi connectivity index (χ0) is 13.8. The van der Waals surface area contributed by atoms with E-state index in [9.17, 15) is 13.2 Å². The highest BCUT2D eigenvalue weighted by Gasteiger charge is 2.23. The van der Waals surface area contributed by atoms with Crippen LogP contribution < -0.4 is 4.72 Å². The number of carbonyl (C=O) groups excluding carboxylic acids is 1. The van der Waals surface area contributed by atoms with Gasteiger partial charge in [-0.2, -0.15) is 0 Å². The second kappa shape index (κ2) is 6.31. The Hall–Kier alpha value is -0.910. The fourth-order valence-corrected chi connectivity index (χ4v) is 2.80. The van der Waals surface area contributed by atoms with Crippen molar-refractivity contribution in [3.05, 3.63) is 29.3 Å². The van der Waals surface area contributed by atoms with Crippen LogP contribution in [0.1, 0.15) is 20.3 Å². The number of sulfonamides is 1. The predicted molar refractivity (Wildman–Crippen MR) is 71.1 cm³/mol. The molecule has 0 amide bonds. The average Bonchev–Trinajstić information content (AvgIpc) is 2.35. The molecule has 0 saturated carbocycles. The summed E-state index contributed by atoms with van der Waals surface area (Å²) in [4.78, 5) is 11.0. The van der Waals surface area contributed by atoms with Crippen molar-refractivity contribution in [2.24, 2.45) is 5.92 Å². The van der Waals surface area contributed by atoms with E-state index < -0.39 is 16.1 Å². The van der Waals surface area contributed by atoms with Crippen molar-refractivity contribution < 1.29 is 13.2 Å². The summed E-state index contributed by atoms with van der Waals surface area (Å²) in [5, 5.41) is 0.461. The Morgan fingerprint density at radius 3 is 2.33 bits per heavy atom. The zero-order valence-corrected chi connectivity index (χ0v) is 11.8. The lowest BCUT2D eigenvalue weighted by Crippen LogP contribution is -2.40. The van der Waals surface area contributed by atoms with Crippen molar-refractivity contribution in [1.82, 2.24) is 4.72 Å². The monoisotopic (exact) mass is 289 g/mol. The van der Waals surface area contributed by atoms with Crippen LogP contribution in [0.5, 0.6) is 0 Å². The number of rotatable bonds is 6. The SMILES string of the molecule is CCC(C)C(C=O)NS(=O)(=O)c1ccc(Cl)cc1. The summed E-state index contributed by atoms with van der Waals surface area (Å²) in [6, 6.07) is 5.09. The van der Waals surface area contributed by atoms with Gasteiger partial charge < -0.3 is 4.79 Å². The molecule has 0 fully saturated rings. The first-order valence-electron chi connectivity index (χ1n) is 5.64. The number of halogens is 1. The normalized spacial score (nSPS) is 15.1. The van der Waals surface area contributed by atoms with Crippen LogP contribution in [-0.4, -0.2) is 20.7 Å². The molecule has 0 heterocycles. The Balaban J connectivity index is 2.93. The van der Waals surface area contributed by atoms with Gasteiger partial charge in [0, 0.05) is 5.02 Å². The van der Waals surface area contributed by atoms with E-state index in [0.29, 0.717) is 17.7 Å². The molecule has 0 aliphatic rings. The number of hydrogen-bond donors (Lipinski definition) is 1. The second-order valence-electron chi connectivity index (χ2n) is 4.12. The number of benzene rings is 1. The van der Waals surface area contributed by atoms with Crippen LogP contribution in [0, 0.1) is 5.92 Å². The summed E-state index contributed by atoms with van der Waals surface area (Å²) < 4.78 is 26.4. The van der Waals surface area contributed by atoms with Crippen molar-refractivity contribution in [2.75, 3.05) is 0 Å². The van der Waals surface area contributed by atoms with Crippen LogP contribution in [0.25, 0.3) is 0 Å². The van der Waals surface area contributed by atoms with Crippen molar-refractivity contribution in [3.8, 4) is 0 Å². The quantitative estimate of drug-likeness (QED) is 0.817. The molecular weight excluding hydrogens is 274 g/mol. The lowest BCUT2D eigenvalue weighted by molar-refractivity contribution is -0.110. The van der Waals surface area contributed by atoms with E-state index in [0.717, 1.165) is 0 Å². The highest BCUT2D eigenvalue weighted by Crippen LogP contribution is 2.15. The number of aldehydes is 1. The van der Waals surface area contributed by atoms with Gasteiger partial charge in [-0.3, -0.25) is 0 Å². The van der Waals surface area contributed by atoms with Crippen LogP contribution in [0.2, 0.25) is 5.02 Å². The third-order valence-electron chi connectivity index (χ3n) is 2.82. The lowest BCUT2D eigenvalue weighted by Gasteiger charge is -2.18.